The van der Waals surface area contributed by atoms with Crippen LogP contribution < -0.4 is 10.6 Å². The van der Waals surface area contributed by atoms with E-state index in [4.69, 9.17) is 0 Å². The predicted molar refractivity (Wildman–Crippen MR) is 123 cm³/mol. The van der Waals surface area contributed by atoms with Crippen LogP contribution in [0.15, 0.2) is 67.0 Å². The van der Waals surface area contributed by atoms with Crippen LogP contribution in [-0.2, 0) is 0 Å². The summed E-state index contributed by atoms with van der Waals surface area (Å²) in [5.41, 5.74) is 3.20. The zero-order valence-electron chi connectivity index (χ0n) is 17.8. The van der Waals surface area contributed by atoms with Crippen LogP contribution in [0.1, 0.15) is 49.5 Å². The second kappa shape index (κ2) is 9.43. The number of hydrogen-bond donors (Lipinski definition) is 2. The molecule has 1 fully saturated rings. The van der Waals surface area contributed by atoms with Gasteiger partial charge < -0.3 is 15.5 Å². The van der Waals surface area contributed by atoms with Gasteiger partial charge in [-0.3, -0.25) is 19.4 Å². The fourth-order valence-electron chi connectivity index (χ4n) is 3.71. The first kappa shape index (κ1) is 21.2. The summed E-state index contributed by atoms with van der Waals surface area (Å²) in [5.74, 6) is -0.655. The van der Waals surface area contributed by atoms with E-state index in [1.54, 1.807) is 60.9 Å². The molecule has 0 atom stereocenters. The van der Waals surface area contributed by atoms with E-state index in [2.05, 4.69) is 15.6 Å². The number of pyridine rings is 1. The summed E-state index contributed by atoms with van der Waals surface area (Å²) in [5, 5.41) is 5.69. The molecule has 1 aliphatic heterocycles. The summed E-state index contributed by atoms with van der Waals surface area (Å²) < 4.78 is 0. The lowest BCUT2D eigenvalue weighted by Gasteiger charge is -2.16. The molecule has 1 saturated heterocycles. The molecule has 0 bridgehead atoms. The minimum atomic E-state index is -0.350. The van der Waals surface area contributed by atoms with Crippen molar-refractivity contribution in [2.24, 2.45) is 0 Å². The third-order valence-corrected chi connectivity index (χ3v) is 5.48. The summed E-state index contributed by atoms with van der Waals surface area (Å²) >= 11 is 0. The maximum absolute atomic E-state index is 13.0. The zero-order chi connectivity index (χ0) is 22.5. The van der Waals surface area contributed by atoms with Crippen LogP contribution in [0.25, 0.3) is 0 Å². The fraction of sp³-hybridized carbons (Fsp3) is 0.200. The highest BCUT2D eigenvalue weighted by atomic mass is 16.2. The third kappa shape index (κ3) is 4.67. The van der Waals surface area contributed by atoms with Crippen LogP contribution >= 0.6 is 0 Å². The van der Waals surface area contributed by atoms with Gasteiger partial charge in [0.1, 0.15) is 0 Å². The SMILES string of the molecule is Cc1cccc(C(=O)Nc2ccc(C(=O)N3CCCC3)cc2)c1NC(=O)c1ccncc1. The van der Waals surface area contributed by atoms with E-state index in [1.165, 1.54) is 0 Å². The Balaban J connectivity index is 1.49. The molecule has 0 saturated carbocycles. The van der Waals surface area contributed by atoms with E-state index < -0.39 is 0 Å². The van der Waals surface area contributed by atoms with Crippen molar-refractivity contribution < 1.29 is 14.4 Å². The van der Waals surface area contributed by atoms with Gasteiger partial charge in [-0.15, -0.1) is 0 Å². The molecule has 7 nitrogen and oxygen atoms in total. The molecule has 3 amide bonds. The lowest BCUT2D eigenvalue weighted by atomic mass is 10.1. The number of benzene rings is 2. The average Bonchev–Trinajstić information content (AvgIpc) is 3.36. The predicted octanol–water partition coefficient (Wildman–Crippen LogP) is 4.13. The number of rotatable bonds is 5. The molecule has 2 N–H and O–H groups in total. The lowest BCUT2D eigenvalue weighted by molar-refractivity contribution is 0.0792. The Labute approximate surface area is 186 Å². The van der Waals surface area contributed by atoms with Crippen LogP contribution in [0, 0.1) is 6.92 Å². The van der Waals surface area contributed by atoms with Crippen LogP contribution in [-0.4, -0.2) is 40.7 Å². The van der Waals surface area contributed by atoms with Crippen molar-refractivity contribution in [2.45, 2.75) is 19.8 Å². The number of nitrogens with one attached hydrogen (secondary N) is 2. The normalized spacial score (nSPS) is 13.0. The Bertz CT molecular complexity index is 1140. The van der Waals surface area contributed by atoms with Crippen LogP contribution in [0.5, 0.6) is 0 Å². The van der Waals surface area contributed by atoms with Gasteiger partial charge >= 0.3 is 0 Å². The van der Waals surface area contributed by atoms with Gasteiger partial charge in [0.25, 0.3) is 17.7 Å². The summed E-state index contributed by atoms with van der Waals surface area (Å²) in [6.45, 7) is 3.41. The molecule has 2 heterocycles. The summed E-state index contributed by atoms with van der Waals surface area (Å²) in [7, 11) is 0. The minimum absolute atomic E-state index is 0.0140. The van der Waals surface area contributed by atoms with Crippen molar-refractivity contribution in [3.63, 3.8) is 0 Å². The second-order valence-electron chi connectivity index (χ2n) is 7.72. The van der Waals surface area contributed by atoms with Crippen molar-refractivity contribution in [3.05, 3.63) is 89.2 Å². The molecule has 7 heteroatoms. The minimum Gasteiger partial charge on any atom is -0.339 e. The highest BCUT2D eigenvalue weighted by Crippen LogP contribution is 2.23. The number of para-hydroxylation sites is 1. The smallest absolute Gasteiger partial charge is 0.257 e. The highest BCUT2D eigenvalue weighted by Gasteiger charge is 2.20. The quantitative estimate of drug-likeness (QED) is 0.639. The molecular weight excluding hydrogens is 404 g/mol. The topological polar surface area (TPSA) is 91.4 Å². The van der Waals surface area contributed by atoms with Gasteiger partial charge in [0.05, 0.1) is 11.3 Å². The molecule has 0 spiro atoms. The first-order valence-corrected chi connectivity index (χ1v) is 10.5. The van der Waals surface area contributed by atoms with E-state index in [9.17, 15) is 14.4 Å². The van der Waals surface area contributed by atoms with Gasteiger partial charge in [-0.25, -0.2) is 0 Å². The van der Waals surface area contributed by atoms with E-state index in [-0.39, 0.29) is 17.7 Å². The largest absolute Gasteiger partial charge is 0.339 e. The number of carbonyl (C=O) groups excluding carboxylic acids is 3. The van der Waals surface area contributed by atoms with Gasteiger partial charge in [0, 0.05) is 42.3 Å². The van der Waals surface area contributed by atoms with Crippen molar-refractivity contribution >= 4 is 29.1 Å². The van der Waals surface area contributed by atoms with Crippen LogP contribution in [0.3, 0.4) is 0 Å². The maximum atomic E-state index is 13.0. The number of hydrogen-bond acceptors (Lipinski definition) is 4. The monoisotopic (exact) mass is 428 g/mol. The van der Waals surface area contributed by atoms with Crippen LogP contribution in [0.2, 0.25) is 0 Å². The van der Waals surface area contributed by atoms with Crippen molar-refractivity contribution in [1.29, 1.82) is 0 Å². The Morgan fingerprint density at radius 1 is 0.812 bits per heavy atom. The zero-order valence-corrected chi connectivity index (χ0v) is 17.8. The molecule has 32 heavy (non-hydrogen) atoms. The van der Waals surface area contributed by atoms with Gasteiger partial charge in [0.2, 0.25) is 0 Å². The van der Waals surface area contributed by atoms with E-state index in [0.717, 1.165) is 31.5 Å². The number of nitrogens with zero attached hydrogens (tertiary/aromatic N) is 2. The Morgan fingerprint density at radius 3 is 2.19 bits per heavy atom. The molecule has 2 aromatic carbocycles. The first-order valence-electron chi connectivity index (χ1n) is 10.5. The Morgan fingerprint density at radius 2 is 1.50 bits per heavy atom. The number of aromatic nitrogens is 1. The van der Waals surface area contributed by atoms with E-state index >= 15 is 0 Å². The summed E-state index contributed by atoms with van der Waals surface area (Å²) in [4.78, 5) is 43.8. The standard InChI is InChI=1S/C25H24N4O3/c1-17-5-4-6-21(22(17)28-23(30)18-11-13-26-14-12-18)24(31)27-20-9-7-19(8-10-20)25(32)29-15-2-3-16-29/h4-14H,2-3,15-16H2,1H3,(H,27,31)(H,28,30). The molecule has 4 rings (SSSR count). The number of likely N-dealkylation sites (tertiary alicyclic amines) is 1. The molecular formula is C25H24N4O3. The number of anilines is 2. The fourth-order valence-corrected chi connectivity index (χ4v) is 3.71. The van der Waals surface area contributed by atoms with Gasteiger partial charge in [-0.2, -0.15) is 0 Å². The molecule has 0 aliphatic carbocycles. The lowest BCUT2D eigenvalue weighted by Crippen LogP contribution is -2.27. The molecule has 3 aromatic rings. The first-order chi connectivity index (χ1) is 15.5. The molecule has 1 aliphatic rings. The highest BCUT2D eigenvalue weighted by molar-refractivity contribution is 6.13. The van der Waals surface area contributed by atoms with Crippen molar-refractivity contribution in [1.82, 2.24) is 9.88 Å². The number of carbonyl (C=O) groups is 3. The Hall–Kier alpha value is -4.00. The van der Waals surface area contributed by atoms with Gasteiger partial charge in [-0.05, 0) is 67.8 Å². The molecule has 162 valence electrons. The second-order valence-corrected chi connectivity index (χ2v) is 7.72. The summed E-state index contributed by atoms with van der Waals surface area (Å²) in [6.07, 6.45) is 5.16. The van der Waals surface area contributed by atoms with Gasteiger partial charge in [0.15, 0.2) is 0 Å². The number of amides is 3. The molecule has 0 unspecified atom stereocenters. The van der Waals surface area contributed by atoms with E-state index in [0.29, 0.717) is 28.1 Å². The van der Waals surface area contributed by atoms with Gasteiger partial charge in [-0.1, -0.05) is 12.1 Å². The summed E-state index contributed by atoms with van der Waals surface area (Å²) in [6, 6.07) is 15.4. The van der Waals surface area contributed by atoms with Crippen molar-refractivity contribution in [3.8, 4) is 0 Å². The average molecular weight is 428 g/mol. The Kier molecular flexibility index (Phi) is 6.26. The van der Waals surface area contributed by atoms with E-state index in [1.807, 2.05) is 17.9 Å². The maximum Gasteiger partial charge on any atom is 0.257 e. The van der Waals surface area contributed by atoms with Crippen LogP contribution in [0.4, 0.5) is 11.4 Å². The number of aryl methyl sites for hydroxylation is 1. The molecule has 1 aromatic heterocycles. The molecule has 0 radical (unpaired) electrons. The van der Waals surface area contributed by atoms with Crippen molar-refractivity contribution in [2.75, 3.05) is 23.7 Å². The third-order valence-electron chi connectivity index (χ3n) is 5.48.